The predicted molar refractivity (Wildman–Crippen MR) is 163 cm³/mol. The van der Waals surface area contributed by atoms with Crippen LogP contribution in [0.2, 0.25) is 0 Å². The average molecular weight is 609 g/mol. The van der Waals surface area contributed by atoms with Crippen LogP contribution in [0.4, 0.5) is 15.8 Å². The van der Waals surface area contributed by atoms with E-state index >= 15 is 0 Å². The van der Waals surface area contributed by atoms with Crippen LogP contribution in [-0.4, -0.2) is 74.0 Å². The molecule has 4 aromatic rings. The lowest BCUT2D eigenvalue weighted by Crippen LogP contribution is -2.44. The second-order valence-corrected chi connectivity index (χ2v) is 12.7. The van der Waals surface area contributed by atoms with Crippen LogP contribution in [0.15, 0.2) is 71.7 Å². The third kappa shape index (κ3) is 7.48. The third-order valence-corrected chi connectivity index (χ3v) is 7.74. The molecule has 2 N–H and O–H groups in total. The minimum Gasteiger partial charge on any atom is -0.481 e. The number of rotatable bonds is 10. The van der Waals surface area contributed by atoms with E-state index in [0.29, 0.717) is 24.3 Å². The molecular weight excluding hydrogens is 575 g/mol. The average Bonchev–Trinajstić information content (AvgIpc) is 2.99. The lowest BCUT2D eigenvalue weighted by Gasteiger charge is -2.34. The second-order valence-electron chi connectivity index (χ2n) is 10.5. The summed E-state index contributed by atoms with van der Waals surface area (Å²) < 4.78 is 44.7. The molecule has 2 aromatic carbocycles. The Morgan fingerprint density at radius 2 is 1.72 bits per heavy atom. The highest BCUT2D eigenvalue weighted by molar-refractivity contribution is 7.90. The Bertz CT molecular complexity index is 1770. The zero-order valence-electron chi connectivity index (χ0n) is 23.9. The number of piperazine rings is 1. The molecule has 0 bridgehead atoms. The van der Waals surface area contributed by atoms with Gasteiger partial charge in [-0.1, -0.05) is 42.5 Å². The van der Waals surface area contributed by atoms with Gasteiger partial charge < -0.3 is 25.2 Å². The summed E-state index contributed by atoms with van der Waals surface area (Å²) in [6.45, 7) is 3.11. The highest BCUT2D eigenvalue weighted by atomic mass is 32.2. The van der Waals surface area contributed by atoms with Crippen molar-refractivity contribution in [3.8, 4) is 5.75 Å². The number of ether oxygens (including phenoxy) is 1. The van der Waals surface area contributed by atoms with Gasteiger partial charge in [-0.2, -0.15) is 0 Å². The number of pyridine rings is 1. The number of amides is 1. The number of nitrogens with one attached hydrogen (secondary N) is 2. The van der Waals surface area contributed by atoms with Crippen molar-refractivity contribution in [2.75, 3.05) is 55.6 Å². The van der Waals surface area contributed by atoms with Crippen molar-refractivity contribution < 1.29 is 22.3 Å². The zero-order chi connectivity index (χ0) is 30.6. The Hall–Kier alpha value is -4.49. The van der Waals surface area contributed by atoms with Gasteiger partial charge in [-0.3, -0.25) is 14.0 Å². The molecule has 43 heavy (non-hydrogen) atoms. The van der Waals surface area contributed by atoms with Crippen molar-refractivity contribution >= 4 is 32.8 Å². The Balaban J connectivity index is 1.59. The first-order chi connectivity index (χ1) is 20.6. The molecule has 0 atom stereocenters. The minimum atomic E-state index is -3.44. The summed E-state index contributed by atoms with van der Waals surface area (Å²) >= 11 is 0. The molecule has 1 fully saturated rings. The fourth-order valence-electron chi connectivity index (χ4n) is 4.67. The number of nitrogens with zero attached hydrogens (tertiary/aromatic N) is 4. The molecule has 1 aliphatic rings. The summed E-state index contributed by atoms with van der Waals surface area (Å²) in [5.74, 6) is -1.73. The molecule has 2 aromatic heterocycles. The maximum Gasteiger partial charge on any atom is 0.301 e. The largest absolute Gasteiger partial charge is 0.481 e. The summed E-state index contributed by atoms with van der Waals surface area (Å²) in [7, 11) is -1.41. The standard InChI is InChI=1S/C30H33FN6O5S/c1-35-12-14-36(15-13-35)24-16-25(33-20-43(2,40)41)28-34-26(29(38)32-17-21-8-10-23(31)11-9-21)27(30(39)37(28)18-24)42-19-22-6-4-3-5-7-22/h3-11,16,18,33H,12-15,17,19-20H2,1-2H3,(H,32,38). The molecule has 11 nitrogen and oxygen atoms in total. The number of anilines is 2. The molecule has 0 radical (unpaired) electrons. The number of halogens is 1. The lowest BCUT2D eigenvalue weighted by molar-refractivity contribution is 0.0940. The van der Waals surface area contributed by atoms with E-state index in [1.165, 1.54) is 28.7 Å². The molecule has 0 spiro atoms. The van der Waals surface area contributed by atoms with Crippen molar-refractivity contribution in [1.82, 2.24) is 19.6 Å². The van der Waals surface area contributed by atoms with E-state index in [1.807, 2.05) is 37.4 Å². The van der Waals surface area contributed by atoms with E-state index < -0.39 is 33.0 Å². The van der Waals surface area contributed by atoms with Crippen LogP contribution in [0.25, 0.3) is 5.65 Å². The number of aromatic nitrogens is 2. The van der Waals surface area contributed by atoms with Gasteiger partial charge in [0.05, 0.1) is 11.4 Å². The maximum atomic E-state index is 14.0. The molecule has 0 aliphatic carbocycles. The summed E-state index contributed by atoms with van der Waals surface area (Å²) in [6, 6.07) is 16.6. The van der Waals surface area contributed by atoms with E-state index in [9.17, 15) is 22.4 Å². The fraction of sp³-hybridized carbons (Fsp3) is 0.300. The predicted octanol–water partition coefficient (Wildman–Crippen LogP) is 2.51. The van der Waals surface area contributed by atoms with E-state index in [2.05, 4.69) is 25.4 Å². The lowest BCUT2D eigenvalue weighted by atomic mass is 10.2. The number of likely N-dealkylation sites (N-methyl/N-ethyl adjacent to an activating group) is 1. The number of hydrogen-bond acceptors (Lipinski definition) is 9. The maximum absolute atomic E-state index is 14.0. The Kier molecular flexibility index (Phi) is 8.92. The number of carbonyl (C=O) groups excluding carboxylic acids is 1. The third-order valence-electron chi connectivity index (χ3n) is 7.07. The van der Waals surface area contributed by atoms with Crippen LogP contribution in [-0.2, 0) is 23.0 Å². The van der Waals surface area contributed by atoms with Gasteiger partial charge in [0.2, 0.25) is 5.75 Å². The Morgan fingerprint density at radius 3 is 2.40 bits per heavy atom. The van der Waals surface area contributed by atoms with Crippen LogP contribution < -0.4 is 25.8 Å². The SMILES string of the molecule is CN1CCN(c2cc(NCS(C)(=O)=O)c3nc(C(=O)NCc4ccc(F)cc4)c(OCc4ccccc4)c(=O)n3c2)CC1. The first kappa shape index (κ1) is 30.0. The van der Waals surface area contributed by atoms with E-state index in [1.54, 1.807) is 12.3 Å². The minimum absolute atomic E-state index is 0.0133. The van der Waals surface area contributed by atoms with Gasteiger partial charge in [0.15, 0.2) is 21.2 Å². The first-order valence-corrected chi connectivity index (χ1v) is 15.8. The van der Waals surface area contributed by atoms with Crippen molar-refractivity contribution in [3.63, 3.8) is 0 Å². The van der Waals surface area contributed by atoms with Crippen molar-refractivity contribution in [3.05, 3.63) is 99.9 Å². The molecule has 3 heterocycles. The quantitative estimate of drug-likeness (QED) is 0.279. The van der Waals surface area contributed by atoms with Gasteiger partial charge in [0.1, 0.15) is 18.3 Å². The molecular formula is C30H33FN6O5S. The van der Waals surface area contributed by atoms with Gasteiger partial charge in [0, 0.05) is 45.2 Å². The van der Waals surface area contributed by atoms with Gasteiger partial charge in [-0.15, -0.1) is 0 Å². The number of hydrogen-bond donors (Lipinski definition) is 2. The first-order valence-electron chi connectivity index (χ1n) is 13.7. The number of carbonyl (C=O) groups is 1. The van der Waals surface area contributed by atoms with Gasteiger partial charge in [-0.25, -0.2) is 17.8 Å². The van der Waals surface area contributed by atoms with E-state index in [-0.39, 0.29) is 35.9 Å². The molecule has 0 unspecified atom stereocenters. The van der Waals surface area contributed by atoms with Gasteiger partial charge in [0.25, 0.3) is 5.91 Å². The smallest absolute Gasteiger partial charge is 0.301 e. The molecule has 0 saturated carbocycles. The Labute approximate surface area is 248 Å². The molecule has 1 amide bonds. The summed E-state index contributed by atoms with van der Waals surface area (Å²) in [5.41, 5.74) is 1.61. The molecule has 13 heteroatoms. The molecule has 1 aliphatic heterocycles. The number of benzene rings is 2. The van der Waals surface area contributed by atoms with Gasteiger partial charge in [-0.05, 0) is 36.4 Å². The van der Waals surface area contributed by atoms with Crippen LogP contribution in [0.5, 0.6) is 5.75 Å². The Morgan fingerprint density at radius 1 is 1.02 bits per heavy atom. The van der Waals surface area contributed by atoms with Crippen molar-refractivity contribution in [2.45, 2.75) is 13.2 Å². The van der Waals surface area contributed by atoms with Crippen molar-refractivity contribution in [1.29, 1.82) is 0 Å². The van der Waals surface area contributed by atoms with E-state index in [4.69, 9.17) is 4.74 Å². The van der Waals surface area contributed by atoms with Crippen LogP contribution in [0.3, 0.4) is 0 Å². The highest BCUT2D eigenvalue weighted by Gasteiger charge is 2.24. The molecule has 5 rings (SSSR count). The van der Waals surface area contributed by atoms with Crippen molar-refractivity contribution in [2.24, 2.45) is 0 Å². The monoisotopic (exact) mass is 608 g/mol. The summed E-state index contributed by atoms with van der Waals surface area (Å²) in [6.07, 6.45) is 2.73. The normalized spacial score (nSPS) is 14.1. The van der Waals surface area contributed by atoms with Gasteiger partial charge >= 0.3 is 5.56 Å². The molecule has 1 saturated heterocycles. The zero-order valence-corrected chi connectivity index (χ0v) is 24.7. The number of fused-ring (bicyclic) bond motifs is 1. The highest BCUT2D eigenvalue weighted by Crippen LogP contribution is 2.26. The second kappa shape index (κ2) is 12.8. The fourth-order valence-corrected chi connectivity index (χ4v) is 5.09. The topological polar surface area (TPSA) is 125 Å². The van der Waals surface area contributed by atoms with Crippen LogP contribution >= 0.6 is 0 Å². The van der Waals surface area contributed by atoms with Crippen LogP contribution in [0, 0.1) is 5.82 Å². The van der Waals surface area contributed by atoms with E-state index in [0.717, 1.165) is 24.9 Å². The van der Waals surface area contributed by atoms with Crippen LogP contribution in [0.1, 0.15) is 21.6 Å². The number of sulfone groups is 1. The summed E-state index contributed by atoms with van der Waals surface area (Å²) in [4.78, 5) is 36.4. The summed E-state index contributed by atoms with van der Waals surface area (Å²) in [5, 5.41) is 5.62. The molecule has 226 valence electrons.